The van der Waals surface area contributed by atoms with E-state index in [1.807, 2.05) is 32.8 Å². The van der Waals surface area contributed by atoms with E-state index in [1.54, 1.807) is 19.1 Å². The molecule has 0 bridgehead atoms. The molecule has 1 aromatic carbocycles. The second-order valence-electron chi connectivity index (χ2n) is 5.71. The Morgan fingerprint density at radius 2 is 2.10 bits per heavy atom. The maximum atomic E-state index is 11.9. The van der Waals surface area contributed by atoms with Crippen molar-refractivity contribution in [2.75, 3.05) is 26.0 Å². The molecular weight excluding hydrogens is 263 g/mol. The first-order valence-electron chi connectivity index (χ1n) is 6.98. The van der Waals surface area contributed by atoms with Gasteiger partial charge >= 0.3 is 0 Å². The molecule has 0 unspecified atom stereocenters. The number of nitrogens with zero attached hydrogens (tertiary/aromatic N) is 1. The summed E-state index contributed by atoms with van der Waals surface area (Å²) in [5.41, 5.74) is 2.37. The Bertz CT molecular complexity index is 552. The topological polar surface area (TPSA) is 52.6 Å². The standard InChI is InChI=1S/C16H23BN2O2/c1-10(2)15-13(9-12(17)11(3)16(15)21)18-14(20)7-6-8-19(4)5/h6-7,9-10,21H,8H2,1-5H3,(H,18,20)/b7-6+. The van der Waals surface area contributed by atoms with Crippen LogP contribution in [0.25, 0.3) is 0 Å². The van der Waals surface area contributed by atoms with Gasteiger partial charge in [-0.1, -0.05) is 25.4 Å². The largest absolute Gasteiger partial charge is 0.507 e. The summed E-state index contributed by atoms with van der Waals surface area (Å²) in [6.07, 6.45) is 3.26. The van der Waals surface area contributed by atoms with Crippen LogP contribution in [0, 0.1) is 6.92 Å². The molecule has 1 aromatic rings. The zero-order chi connectivity index (χ0) is 16.2. The Morgan fingerprint density at radius 1 is 1.48 bits per heavy atom. The Hall–Kier alpha value is -1.75. The van der Waals surface area contributed by atoms with Gasteiger partial charge in [-0.15, -0.1) is 0 Å². The monoisotopic (exact) mass is 286 g/mol. The fourth-order valence-corrected chi connectivity index (χ4v) is 2.04. The van der Waals surface area contributed by atoms with E-state index in [0.29, 0.717) is 28.8 Å². The summed E-state index contributed by atoms with van der Waals surface area (Å²) < 4.78 is 0. The summed E-state index contributed by atoms with van der Waals surface area (Å²) in [4.78, 5) is 13.9. The van der Waals surface area contributed by atoms with Crippen molar-refractivity contribution < 1.29 is 9.90 Å². The third-order valence-electron chi connectivity index (χ3n) is 3.21. The molecule has 0 heterocycles. The van der Waals surface area contributed by atoms with Crippen LogP contribution in [0.4, 0.5) is 5.69 Å². The molecule has 0 fully saturated rings. The summed E-state index contributed by atoms with van der Waals surface area (Å²) in [6, 6.07) is 1.70. The van der Waals surface area contributed by atoms with Crippen molar-refractivity contribution >= 4 is 24.9 Å². The van der Waals surface area contributed by atoms with Crippen molar-refractivity contribution in [1.29, 1.82) is 0 Å². The van der Waals surface area contributed by atoms with Gasteiger partial charge in [-0.25, -0.2) is 0 Å². The van der Waals surface area contributed by atoms with Crippen molar-refractivity contribution in [2.24, 2.45) is 0 Å². The van der Waals surface area contributed by atoms with E-state index < -0.39 is 0 Å². The predicted molar refractivity (Wildman–Crippen MR) is 88.6 cm³/mol. The first-order chi connectivity index (χ1) is 9.73. The SMILES string of the molecule is [B]c1cc(NC(=O)/C=C/CN(C)C)c(C(C)C)c(O)c1C. The highest BCUT2D eigenvalue weighted by molar-refractivity contribution is 6.34. The second-order valence-corrected chi connectivity index (χ2v) is 5.71. The molecule has 2 N–H and O–H groups in total. The average molecular weight is 286 g/mol. The number of hydrogen-bond acceptors (Lipinski definition) is 3. The van der Waals surface area contributed by atoms with Crippen LogP contribution in [0.5, 0.6) is 5.75 Å². The molecule has 4 nitrogen and oxygen atoms in total. The maximum absolute atomic E-state index is 11.9. The third kappa shape index (κ3) is 4.64. The highest BCUT2D eigenvalue weighted by atomic mass is 16.3. The first kappa shape index (κ1) is 17.3. The van der Waals surface area contributed by atoms with Crippen LogP contribution in [0.3, 0.4) is 0 Å². The van der Waals surface area contributed by atoms with Crippen molar-refractivity contribution in [3.05, 3.63) is 29.3 Å². The quantitative estimate of drug-likeness (QED) is 0.639. The number of hydrogen-bond donors (Lipinski definition) is 2. The molecule has 0 aromatic heterocycles. The van der Waals surface area contributed by atoms with Gasteiger partial charge in [0.1, 0.15) is 13.6 Å². The summed E-state index contributed by atoms with van der Waals surface area (Å²) in [5.74, 6) is -0.00988. The summed E-state index contributed by atoms with van der Waals surface area (Å²) in [6.45, 7) is 6.37. The number of aromatic hydroxyl groups is 1. The minimum Gasteiger partial charge on any atom is -0.507 e. The van der Waals surface area contributed by atoms with Crippen molar-refractivity contribution in [2.45, 2.75) is 26.7 Å². The molecule has 2 radical (unpaired) electrons. The van der Waals surface area contributed by atoms with E-state index in [2.05, 4.69) is 5.32 Å². The fourth-order valence-electron chi connectivity index (χ4n) is 2.04. The van der Waals surface area contributed by atoms with Crippen molar-refractivity contribution in [1.82, 2.24) is 4.90 Å². The van der Waals surface area contributed by atoms with E-state index in [9.17, 15) is 9.90 Å². The Kier molecular flexibility index (Phi) is 6.03. The van der Waals surface area contributed by atoms with E-state index in [4.69, 9.17) is 7.85 Å². The molecule has 112 valence electrons. The summed E-state index contributed by atoms with van der Waals surface area (Å²) in [7, 11) is 9.73. The van der Waals surface area contributed by atoms with Crippen molar-refractivity contribution in [3.63, 3.8) is 0 Å². The molecule has 0 atom stereocenters. The van der Waals surface area contributed by atoms with Gasteiger partial charge in [-0.3, -0.25) is 4.79 Å². The lowest BCUT2D eigenvalue weighted by Gasteiger charge is -2.18. The number of phenolic OH excluding ortho intramolecular Hbond substituents is 1. The second kappa shape index (κ2) is 7.32. The Morgan fingerprint density at radius 3 is 2.62 bits per heavy atom. The normalized spacial score (nSPS) is 11.6. The third-order valence-corrected chi connectivity index (χ3v) is 3.21. The Labute approximate surface area is 128 Å². The van der Waals surface area contributed by atoms with Crippen LogP contribution < -0.4 is 10.8 Å². The number of benzene rings is 1. The lowest BCUT2D eigenvalue weighted by atomic mass is 9.85. The molecule has 21 heavy (non-hydrogen) atoms. The molecule has 0 spiro atoms. The maximum Gasteiger partial charge on any atom is 0.248 e. The van der Waals surface area contributed by atoms with Gasteiger partial charge in [0, 0.05) is 23.9 Å². The van der Waals surface area contributed by atoms with Gasteiger partial charge in [0.15, 0.2) is 0 Å². The minimum absolute atomic E-state index is 0.0744. The summed E-state index contributed by atoms with van der Waals surface area (Å²) in [5, 5.41) is 13.0. The van der Waals surface area contributed by atoms with E-state index >= 15 is 0 Å². The number of likely N-dealkylation sites (N-methyl/N-ethyl adjacent to an activating group) is 1. The zero-order valence-electron chi connectivity index (χ0n) is 13.4. The number of nitrogens with one attached hydrogen (secondary N) is 1. The van der Waals surface area contributed by atoms with Gasteiger partial charge in [0.25, 0.3) is 0 Å². The Balaban J connectivity index is 3.03. The highest BCUT2D eigenvalue weighted by Gasteiger charge is 2.16. The van der Waals surface area contributed by atoms with Crippen LogP contribution in [0.2, 0.25) is 0 Å². The molecule has 0 aliphatic carbocycles. The van der Waals surface area contributed by atoms with E-state index in [1.165, 1.54) is 6.08 Å². The molecule has 0 saturated heterocycles. The number of phenols is 1. The number of amides is 1. The molecule has 0 aliphatic rings. The lowest BCUT2D eigenvalue weighted by molar-refractivity contribution is -0.111. The van der Waals surface area contributed by atoms with E-state index in [0.717, 1.165) is 0 Å². The number of anilines is 1. The molecule has 1 rings (SSSR count). The smallest absolute Gasteiger partial charge is 0.248 e. The van der Waals surface area contributed by atoms with E-state index in [-0.39, 0.29) is 17.6 Å². The molecule has 5 heteroatoms. The van der Waals surface area contributed by atoms with Crippen LogP contribution in [-0.2, 0) is 4.79 Å². The van der Waals surface area contributed by atoms with Crippen LogP contribution in [0.15, 0.2) is 18.2 Å². The zero-order valence-corrected chi connectivity index (χ0v) is 13.4. The van der Waals surface area contributed by atoms with Gasteiger partial charge in [0.05, 0.1) is 0 Å². The molecule has 1 amide bonds. The fraction of sp³-hybridized carbons (Fsp3) is 0.438. The minimum atomic E-state index is -0.235. The van der Waals surface area contributed by atoms with Crippen LogP contribution in [0.1, 0.15) is 30.9 Å². The molecular formula is C16H23BN2O2. The van der Waals surface area contributed by atoms with Crippen molar-refractivity contribution in [3.8, 4) is 5.75 Å². The summed E-state index contributed by atoms with van der Waals surface area (Å²) >= 11 is 0. The number of carbonyl (C=O) groups is 1. The molecule has 0 saturated carbocycles. The van der Waals surface area contributed by atoms with Gasteiger partial charge in [-0.2, -0.15) is 0 Å². The van der Waals surface area contributed by atoms with Crippen LogP contribution >= 0.6 is 0 Å². The lowest BCUT2D eigenvalue weighted by Crippen LogP contribution is -2.17. The molecule has 0 aliphatic heterocycles. The van der Waals surface area contributed by atoms with Gasteiger partial charge in [-0.05, 0) is 38.6 Å². The van der Waals surface area contributed by atoms with Gasteiger partial charge < -0.3 is 15.3 Å². The predicted octanol–water partition coefficient (Wildman–Crippen LogP) is 1.67. The average Bonchev–Trinajstić information content (AvgIpc) is 2.35. The first-order valence-corrected chi connectivity index (χ1v) is 6.98. The van der Waals surface area contributed by atoms with Gasteiger partial charge in [0.2, 0.25) is 5.91 Å². The number of rotatable bonds is 5. The number of carbonyl (C=O) groups excluding carboxylic acids is 1. The van der Waals surface area contributed by atoms with Crippen LogP contribution in [-0.4, -0.2) is 44.4 Å². The highest BCUT2D eigenvalue weighted by Crippen LogP contribution is 2.34.